The SMILES string of the molecule is OCc1c(NCCCc2ccccc2)ncnc1-c1ccc(OCc2ccccc2)cc1. The summed E-state index contributed by atoms with van der Waals surface area (Å²) in [5.41, 5.74) is 4.77. The lowest BCUT2D eigenvalue weighted by Gasteiger charge is -2.13. The fourth-order valence-electron chi connectivity index (χ4n) is 3.56. The molecule has 0 unspecified atom stereocenters. The van der Waals surface area contributed by atoms with E-state index in [9.17, 15) is 5.11 Å². The number of anilines is 1. The average molecular weight is 426 g/mol. The van der Waals surface area contributed by atoms with Gasteiger partial charge in [0.25, 0.3) is 0 Å². The summed E-state index contributed by atoms with van der Waals surface area (Å²) in [5, 5.41) is 13.4. The normalized spacial score (nSPS) is 10.7. The average Bonchev–Trinajstić information content (AvgIpc) is 2.87. The Balaban J connectivity index is 1.39. The molecule has 4 aromatic rings. The van der Waals surface area contributed by atoms with Crippen LogP contribution in [-0.2, 0) is 19.6 Å². The summed E-state index contributed by atoms with van der Waals surface area (Å²) < 4.78 is 5.87. The van der Waals surface area contributed by atoms with Gasteiger partial charge in [0.15, 0.2) is 0 Å². The van der Waals surface area contributed by atoms with Crippen molar-refractivity contribution in [2.24, 2.45) is 0 Å². The van der Waals surface area contributed by atoms with E-state index in [4.69, 9.17) is 4.74 Å². The van der Waals surface area contributed by atoms with Crippen LogP contribution in [0.1, 0.15) is 23.1 Å². The monoisotopic (exact) mass is 425 g/mol. The molecule has 0 aliphatic heterocycles. The molecule has 0 atom stereocenters. The molecule has 0 aliphatic rings. The summed E-state index contributed by atoms with van der Waals surface area (Å²) in [6.07, 6.45) is 3.50. The summed E-state index contributed by atoms with van der Waals surface area (Å²) in [6.45, 7) is 1.15. The Morgan fingerprint density at radius 3 is 2.16 bits per heavy atom. The fourth-order valence-corrected chi connectivity index (χ4v) is 3.56. The Kier molecular flexibility index (Phi) is 7.45. The molecule has 0 saturated carbocycles. The van der Waals surface area contributed by atoms with Gasteiger partial charge in [-0.05, 0) is 48.2 Å². The standard InChI is InChI=1S/C27H27N3O2/c31-18-25-26(23-13-15-24(16-14-23)32-19-22-10-5-2-6-11-22)29-20-30-27(25)28-17-7-12-21-8-3-1-4-9-21/h1-6,8-11,13-16,20,31H,7,12,17-19H2,(H,28,29,30). The molecule has 4 rings (SSSR count). The molecule has 5 heteroatoms. The highest BCUT2D eigenvalue weighted by molar-refractivity contribution is 5.68. The Morgan fingerprint density at radius 1 is 0.781 bits per heavy atom. The lowest BCUT2D eigenvalue weighted by Crippen LogP contribution is -2.09. The van der Waals surface area contributed by atoms with Crippen molar-refractivity contribution in [3.63, 3.8) is 0 Å². The van der Waals surface area contributed by atoms with E-state index in [1.807, 2.05) is 60.7 Å². The van der Waals surface area contributed by atoms with Gasteiger partial charge in [-0.25, -0.2) is 9.97 Å². The highest BCUT2D eigenvalue weighted by atomic mass is 16.5. The van der Waals surface area contributed by atoms with Gasteiger partial charge in [0.2, 0.25) is 0 Å². The number of nitrogens with one attached hydrogen (secondary N) is 1. The molecule has 0 spiro atoms. The first kappa shape index (κ1) is 21.5. The quantitative estimate of drug-likeness (QED) is 0.339. The Morgan fingerprint density at radius 2 is 1.47 bits per heavy atom. The van der Waals surface area contributed by atoms with Crippen LogP contribution in [0.5, 0.6) is 5.75 Å². The second-order valence-electron chi connectivity index (χ2n) is 7.52. The first-order valence-corrected chi connectivity index (χ1v) is 10.8. The van der Waals surface area contributed by atoms with Gasteiger partial charge in [0, 0.05) is 17.7 Å². The van der Waals surface area contributed by atoms with E-state index in [1.54, 1.807) is 0 Å². The van der Waals surface area contributed by atoms with E-state index >= 15 is 0 Å². The van der Waals surface area contributed by atoms with Gasteiger partial charge < -0.3 is 15.2 Å². The summed E-state index contributed by atoms with van der Waals surface area (Å²) in [7, 11) is 0. The molecule has 0 saturated heterocycles. The summed E-state index contributed by atoms with van der Waals surface area (Å²) >= 11 is 0. The minimum absolute atomic E-state index is 0.135. The predicted octanol–water partition coefficient (Wildman–Crippen LogP) is 5.26. The van der Waals surface area contributed by atoms with Crippen LogP contribution in [0.2, 0.25) is 0 Å². The van der Waals surface area contributed by atoms with Crippen molar-refractivity contribution in [1.82, 2.24) is 9.97 Å². The predicted molar refractivity (Wildman–Crippen MR) is 127 cm³/mol. The third-order valence-corrected chi connectivity index (χ3v) is 5.26. The number of rotatable bonds is 10. The van der Waals surface area contributed by atoms with Crippen molar-refractivity contribution in [2.45, 2.75) is 26.1 Å². The van der Waals surface area contributed by atoms with Crippen LogP contribution in [0, 0.1) is 0 Å². The topological polar surface area (TPSA) is 67.3 Å². The summed E-state index contributed by atoms with van der Waals surface area (Å²) in [5.74, 6) is 1.46. The number of hydrogen-bond acceptors (Lipinski definition) is 5. The molecule has 5 nitrogen and oxygen atoms in total. The molecule has 3 aromatic carbocycles. The third kappa shape index (κ3) is 5.71. The molecule has 0 amide bonds. The lowest BCUT2D eigenvalue weighted by atomic mass is 10.1. The first-order valence-electron chi connectivity index (χ1n) is 10.8. The molecule has 1 aromatic heterocycles. The Labute approximate surface area is 188 Å². The van der Waals surface area contributed by atoms with Crippen molar-refractivity contribution >= 4 is 5.82 Å². The van der Waals surface area contributed by atoms with Gasteiger partial charge >= 0.3 is 0 Å². The van der Waals surface area contributed by atoms with Crippen LogP contribution in [0.15, 0.2) is 91.3 Å². The van der Waals surface area contributed by atoms with Crippen LogP contribution < -0.4 is 10.1 Å². The van der Waals surface area contributed by atoms with Crippen LogP contribution >= 0.6 is 0 Å². The van der Waals surface area contributed by atoms with Crippen molar-refractivity contribution in [2.75, 3.05) is 11.9 Å². The fraction of sp³-hybridized carbons (Fsp3) is 0.185. The molecular formula is C27H27N3O2. The van der Waals surface area contributed by atoms with Crippen molar-refractivity contribution in [3.05, 3.63) is 108 Å². The largest absolute Gasteiger partial charge is 0.489 e. The zero-order valence-electron chi connectivity index (χ0n) is 17.9. The van der Waals surface area contributed by atoms with Crippen molar-refractivity contribution < 1.29 is 9.84 Å². The molecule has 2 N–H and O–H groups in total. The molecule has 0 aliphatic carbocycles. The highest BCUT2D eigenvalue weighted by Gasteiger charge is 2.12. The van der Waals surface area contributed by atoms with Crippen LogP contribution in [0.25, 0.3) is 11.3 Å². The highest BCUT2D eigenvalue weighted by Crippen LogP contribution is 2.27. The Bertz CT molecular complexity index is 1100. The maximum Gasteiger partial charge on any atom is 0.135 e. The van der Waals surface area contributed by atoms with Gasteiger partial charge in [-0.2, -0.15) is 0 Å². The lowest BCUT2D eigenvalue weighted by molar-refractivity contribution is 0.282. The van der Waals surface area contributed by atoms with Crippen molar-refractivity contribution in [1.29, 1.82) is 0 Å². The second kappa shape index (κ2) is 11.1. The number of hydrogen-bond donors (Lipinski definition) is 2. The van der Waals surface area contributed by atoms with E-state index < -0.39 is 0 Å². The van der Waals surface area contributed by atoms with E-state index in [0.717, 1.165) is 42.0 Å². The number of nitrogens with zero attached hydrogens (tertiary/aromatic N) is 2. The molecular weight excluding hydrogens is 398 g/mol. The van der Waals surface area contributed by atoms with E-state index in [1.165, 1.54) is 11.9 Å². The number of aromatic nitrogens is 2. The van der Waals surface area contributed by atoms with Crippen LogP contribution in [-0.4, -0.2) is 21.6 Å². The second-order valence-corrected chi connectivity index (χ2v) is 7.52. The van der Waals surface area contributed by atoms with Crippen molar-refractivity contribution in [3.8, 4) is 17.0 Å². The van der Waals surface area contributed by atoms with Gasteiger partial charge in [-0.1, -0.05) is 60.7 Å². The maximum atomic E-state index is 10.0. The third-order valence-electron chi connectivity index (χ3n) is 5.26. The number of ether oxygens (including phenoxy) is 1. The van der Waals surface area contributed by atoms with E-state index in [2.05, 4.69) is 39.6 Å². The number of aryl methyl sites for hydroxylation is 1. The zero-order chi connectivity index (χ0) is 22.0. The Hall–Kier alpha value is -3.70. The molecule has 1 heterocycles. The molecule has 32 heavy (non-hydrogen) atoms. The molecule has 0 fully saturated rings. The van der Waals surface area contributed by atoms with Gasteiger partial charge in [0.05, 0.1) is 12.3 Å². The number of aliphatic hydroxyl groups is 1. The number of aliphatic hydroxyl groups excluding tert-OH is 1. The van der Waals surface area contributed by atoms with Gasteiger partial charge in [-0.15, -0.1) is 0 Å². The molecule has 162 valence electrons. The summed E-state index contributed by atoms with van der Waals surface area (Å²) in [4.78, 5) is 8.78. The first-order chi connectivity index (χ1) is 15.8. The van der Waals surface area contributed by atoms with E-state index in [0.29, 0.717) is 18.0 Å². The van der Waals surface area contributed by atoms with Crippen LogP contribution in [0.4, 0.5) is 5.82 Å². The minimum atomic E-state index is -0.135. The zero-order valence-corrected chi connectivity index (χ0v) is 17.9. The van der Waals surface area contributed by atoms with Crippen LogP contribution in [0.3, 0.4) is 0 Å². The minimum Gasteiger partial charge on any atom is -0.489 e. The van der Waals surface area contributed by atoms with Gasteiger partial charge in [-0.3, -0.25) is 0 Å². The number of benzene rings is 3. The van der Waals surface area contributed by atoms with E-state index in [-0.39, 0.29) is 6.61 Å². The van der Waals surface area contributed by atoms with Gasteiger partial charge in [0.1, 0.15) is 24.5 Å². The molecule has 0 bridgehead atoms. The molecule has 0 radical (unpaired) electrons. The summed E-state index contributed by atoms with van der Waals surface area (Å²) in [6, 6.07) is 28.2. The maximum absolute atomic E-state index is 10.0. The smallest absolute Gasteiger partial charge is 0.135 e.